The van der Waals surface area contributed by atoms with E-state index in [1.807, 2.05) is 18.7 Å². The summed E-state index contributed by atoms with van der Waals surface area (Å²) >= 11 is 0. The van der Waals surface area contributed by atoms with E-state index in [-0.39, 0.29) is 5.92 Å². The number of nitriles is 1. The SMILES string of the molecule is CCN(CC(C)C#N)c1nc(NN)nc(N2CCCC2)n1. The maximum absolute atomic E-state index is 8.98. The van der Waals surface area contributed by atoms with Gasteiger partial charge in [0.15, 0.2) is 0 Å². The number of nitrogens with zero attached hydrogens (tertiary/aromatic N) is 6. The summed E-state index contributed by atoms with van der Waals surface area (Å²) in [5.41, 5.74) is 2.50. The van der Waals surface area contributed by atoms with E-state index in [0.717, 1.165) is 32.5 Å². The minimum absolute atomic E-state index is 0.0914. The third-order valence-corrected chi connectivity index (χ3v) is 3.51. The van der Waals surface area contributed by atoms with Gasteiger partial charge in [0, 0.05) is 26.2 Å². The lowest BCUT2D eigenvalue weighted by molar-refractivity contribution is 0.668. The van der Waals surface area contributed by atoms with Crippen molar-refractivity contribution in [3.63, 3.8) is 0 Å². The molecule has 3 N–H and O–H groups in total. The molecule has 0 amide bonds. The van der Waals surface area contributed by atoms with Crippen molar-refractivity contribution in [1.82, 2.24) is 15.0 Å². The maximum atomic E-state index is 8.98. The van der Waals surface area contributed by atoms with Crippen LogP contribution in [0.25, 0.3) is 0 Å². The highest BCUT2D eigenvalue weighted by Crippen LogP contribution is 2.20. The van der Waals surface area contributed by atoms with Crippen molar-refractivity contribution in [2.24, 2.45) is 11.8 Å². The van der Waals surface area contributed by atoms with Crippen molar-refractivity contribution in [1.29, 1.82) is 5.26 Å². The van der Waals surface area contributed by atoms with Gasteiger partial charge < -0.3 is 9.80 Å². The van der Waals surface area contributed by atoms with Crippen molar-refractivity contribution >= 4 is 17.8 Å². The molecule has 21 heavy (non-hydrogen) atoms. The van der Waals surface area contributed by atoms with Gasteiger partial charge in [-0.05, 0) is 26.7 Å². The van der Waals surface area contributed by atoms with Crippen LogP contribution in [0.2, 0.25) is 0 Å². The fraction of sp³-hybridized carbons (Fsp3) is 0.692. The first kappa shape index (κ1) is 15.3. The van der Waals surface area contributed by atoms with E-state index in [4.69, 9.17) is 11.1 Å². The molecule has 1 unspecified atom stereocenters. The van der Waals surface area contributed by atoms with Gasteiger partial charge in [-0.15, -0.1) is 0 Å². The Balaban J connectivity index is 2.28. The molecule has 1 atom stereocenters. The Morgan fingerprint density at radius 3 is 2.67 bits per heavy atom. The molecule has 8 nitrogen and oxygen atoms in total. The van der Waals surface area contributed by atoms with Crippen LogP contribution in [0.15, 0.2) is 0 Å². The van der Waals surface area contributed by atoms with Crippen LogP contribution >= 0.6 is 0 Å². The number of nitrogens with two attached hydrogens (primary N) is 1. The quantitative estimate of drug-likeness (QED) is 0.583. The van der Waals surface area contributed by atoms with E-state index in [1.165, 1.54) is 0 Å². The molecule has 1 saturated heterocycles. The lowest BCUT2D eigenvalue weighted by Gasteiger charge is -2.24. The fourth-order valence-electron chi connectivity index (χ4n) is 2.34. The van der Waals surface area contributed by atoms with Gasteiger partial charge in [0.05, 0.1) is 12.0 Å². The zero-order valence-electron chi connectivity index (χ0n) is 12.6. The molecular formula is C13H22N8. The molecule has 1 aliphatic rings. The summed E-state index contributed by atoms with van der Waals surface area (Å²) in [6, 6.07) is 2.23. The minimum atomic E-state index is -0.0914. The Morgan fingerprint density at radius 2 is 2.10 bits per heavy atom. The Morgan fingerprint density at radius 1 is 1.38 bits per heavy atom. The van der Waals surface area contributed by atoms with Crippen LogP contribution < -0.4 is 21.1 Å². The van der Waals surface area contributed by atoms with E-state index in [2.05, 4.69) is 31.3 Å². The summed E-state index contributed by atoms with van der Waals surface area (Å²) in [6.07, 6.45) is 2.30. The van der Waals surface area contributed by atoms with Gasteiger partial charge in [0.1, 0.15) is 0 Å². The first-order valence-corrected chi connectivity index (χ1v) is 7.30. The molecule has 114 valence electrons. The second-order valence-corrected chi connectivity index (χ2v) is 5.17. The molecule has 0 aliphatic carbocycles. The van der Waals surface area contributed by atoms with Gasteiger partial charge in [0.25, 0.3) is 0 Å². The van der Waals surface area contributed by atoms with Crippen molar-refractivity contribution < 1.29 is 0 Å². The van der Waals surface area contributed by atoms with Gasteiger partial charge in [-0.25, -0.2) is 5.84 Å². The van der Waals surface area contributed by atoms with Crippen LogP contribution in [-0.2, 0) is 0 Å². The van der Waals surface area contributed by atoms with Crippen LogP contribution in [0.1, 0.15) is 26.7 Å². The number of aromatic nitrogens is 3. The second-order valence-electron chi connectivity index (χ2n) is 5.17. The van der Waals surface area contributed by atoms with Crippen LogP contribution in [0.3, 0.4) is 0 Å². The first-order valence-electron chi connectivity index (χ1n) is 7.30. The predicted molar refractivity (Wildman–Crippen MR) is 81.7 cm³/mol. The highest BCUT2D eigenvalue weighted by atomic mass is 15.4. The van der Waals surface area contributed by atoms with Crippen molar-refractivity contribution in [2.45, 2.75) is 26.7 Å². The molecular weight excluding hydrogens is 268 g/mol. The monoisotopic (exact) mass is 290 g/mol. The second kappa shape index (κ2) is 7.04. The zero-order chi connectivity index (χ0) is 15.2. The van der Waals surface area contributed by atoms with E-state index < -0.39 is 0 Å². The van der Waals surface area contributed by atoms with Crippen LogP contribution in [0.4, 0.5) is 17.8 Å². The van der Waals surface area contributed by atoms with Crippen molar-refractivity contribution in [2.75, 3.05) is 41.4 Å². The van der Waals surface area contributed by atoms with Crippen LogP contribution in [-0.4, -0.2) is 41.1 Å². The maximum Gasteiger partial charge on any atom is 0.243 e. The van der Waals surface area contributed by atoms with Crippen LogP contribution in [0, 0.1) is 17.2 Å². The minimum Gasteiger partial charge on any atom is -0.341 e. The van der Waals surface area contributed by atoms with Gasteiger partial charge in [-0.3, -0.25) is 5.43 Å². The Kier molecular flexibility index (Phi) is 5.11. The molecule has 0 spiro atoms. The van der Waals surface area contributed by atoms with Crippen molar-refractivity contribution in [3.05, 3.63) is 0 Å². The molecule has 8 heteroatoms. The lowest BCUT2D eigenvalue weighted by Crippen LogP contribution is -2.31. The first-order chi connectivity index (χ1) is 10.2. The molecule has 0 bridgehead atoms. The van der Waals surface area contributed by atoms with Gasteiger partial charge in [-0.1, -0.05) is 0 Å². The Bertz CT molecular complexity index is 505. The summed E-state index contributed by atoms with van der Waals surface area (Å²) in [5.74, 6) is 6.93. The number of rotatable bonds is 6. The Hall–Kier alpha value is -2.14. The van der Waals surface area contributed by atoms with E-state index in [1.54, 1.807) is 0 Å². The van der Waals surface area contributed by atoms with Gasteiger partial charge in [0.2, 0.25) is 17.8 Å². The number of anilines is 3. The van der Waals surface area contributed by atoms with E-state index in [0.29, 0.717) is 24.4 Å². The Labute approximate surface area is 125 Å². The number of hydrogen-bond acceptors (Lipinski definition) is 8. The lowest BCUT2D eigenvalue weighted by atomic mass is 10.2. The van der Waals surface area contributed by atoms with Gasteiger partial charge in [-0.2, -0.15) is 20.2 Å². The third kappa shape index (κ3) is 3.70. The summed E-state index contributed by atoms with van der Waals surface area (Å²) in [7, 11) is 0. The molecule has 1 aromatic rings. The molecule has 1 aliphatic heterocycles. The van der Waals surface area contributed by atoms with E-state index >= 15 is 0 Å². The number of hydrazine groups is 1. The zero-order valence-corrected chi connectivity index (χ0v) is 12.6. The van der Waals surface area contributed by atoms with Gasteiger partial charge >= 0.3 is 0 Å². The molecule has 0 radical (unpaired) electrons. The van der Waals surface area contributed by atoms with Crippen LogP contribution in [0.5, 0.6) is 0 Å². The van der Waals surface area contributed by atoms with E-state index in [9.17, 15) is 0 Å². The normalized spacial score (nSPS) is 15.6. The smallest absolute Gasteiger partial charge is 0.243 e. The third-order valence-electron chi connectivity index (χ3n) is 3.51. The molecule has 2 heterocycles. The standard InChI is InChI=1S/C13H22N8/c1-3-20(9-10(2)8-14)12-16-11(19-15)17-13(18-12)21-6-4-5-7-21/h10H,3-7,9,15H2,1-2H3,(H,16,17,18,19). The fourth-order valence-corrected chi connectivity index (χ4v) is 2.34. The largest absolute Gasteiger partial charge is 0.341 e. The predicted octanol–water partition coefficient (Wildman–Crippen LogP) is 0.743. The summed E-state index contributed by atoms with van der Waals surface area (Å²) in [4.78, 5) is 17.3. The summed E-state index contributed by atoms with van der Waals surface area (Å²) in [5, 5.41) is 8.98. The van der Waals surface area contributed by atoms with Crippen molar-refractivity contribution in [3.8, 4) is 6.07 Å². The topological polar surface area (TPSA) is 107 Å². The highest BCUT2D eigenvalue weighted by Gasteiger charge is 2.20. The number of nitrogens with one attached hydrogen (secondary N) is 1. The summed E-state index contributed by atoms with van der Waals surface area (Å²) < 4.78 is 0. The molecule has 0 aromatic carbocycles. The molecule has 1 fully saturated rings. The number of nitrogen functional groups attached to an aromatic ring is 1. The average Bonchev–Trinajstić information content (AvgIpc) is 3.06. The molecule has 0 saturated carbocycles. The average molecular weight is 290 g/mol. The molecule has 2 rings (SSSR count). The highest BCUT2D eigenvalue weighted by molar-refractivity contribution is 5.45. The summed E-state index contributed by atoms with van der Waals surface area (Å²) in [6.45, 7) is 7.11. The molecule has 1 aromatic heterocycles. The number of hydrogen-bond donors (Lipinski definition) is 2.